The van der Waals surface area contributed by atoms with E-state index in [-0.39, 0.29) is 12.0 Å². The van der Waals surface area contributed by atoms with Gasteiger partial charge < -0.3 is 10.6 Å². The lowest BCUT2D eigenvalue weighted by Gasteiger charge is -2.22. The maximum absolute atomic E-state index is 12.8. The summed E-state index contributed by atoms with van der Waals surface area (Å²) in [6.07, 6.45) is -0.671. The Morgan fingerprint density at radius 2 is 1.78 bits per heavy atom. The fourth-order valence-corrected chi connectivity index (χ4v) is 3.39. The van der Waals surface area contributed by atoms with Crippen molar-refractivity contribution in [2.24, 2.45) is 4.99 Å². The number of aliphatic imine (C=N–C) groups is 1. The maximum Gasteiger partial charge on any atom is 0.433 e. The van der Waals surface area contributed by atoms with Crippen molar-refractivity contribution in [1.82, 2.24) is 15.3 Å². The number of alkyl halides is 3. The number of nitrogens with one attached hydrogen (secondary N) is 2. The molecule has 0 fully saturated rings. The fraction of sp³-hybridized carbons (Fsp3) is 0.292. The summed E-state index contributed by atoms with van der Waals surface area (Å²) in [4.78, 5) is 11.7. The van der Waals surface area contributed by atoms with E-state index in [1.54, 1.807) is 6.20 Å². The van der Waals surface area contributed by atoms with Gasteiger partial charge in [0, 0.05) is 31.5 Å². The van der Waals surface area contributed by atoms with E-state index in [9.17, 15) is 13.2 Å². The molecule has 2 atom stereocenters. The Balaban J connectivity index is 1.62. The molecule has 3 aromatic rings. The van der Waals surface area contributed by atoms with Crippen LogP contribution in [0.3, 0.4) is 0 Å². The van der Waals surface area contributed by atoms with E-state index in [0.717, 1.165) is 29.3 Å². The molecule has 3 rings (SSSR count). The van der Waals surface area contributed by atoms with E-state index in [2.05, 4.69) is 44.4 Å². The molecule has 1 aromatic carbocycles. The number of hydrogen-bond acceptors (Lipinski definition) is 5. The van der Waals surface area contributed by atoms with E-state index < -0.39 is 11.9 Å². The van der Waals surface area contributed by atoms with Crippen LogP contribution in [0.4, 0.5) is 24.7 Å². The highest BCUT2D eigenvalue weighted by molar-refractivity contribution is 5.62. The number of rotatable bonds is 10. The average molecular weight is 442 g/mol. The molecule has 0 spiro atoms. The zero-order valence-electron chi connectivity index (χ0n) is 17.8. The summed E-state index contributed by atoms with van der Waals surface area (Å²) in [6, 6.07) is 16.4. The van der Waals surface area contributed by atoms with Crippen molar-refractivity contribution >= 4 is 18.2 Å². The summed E-state index contributed by atoms with van der Waals surface area (Å²) in [5, 5.41) is 6.90. The summed E-state index contributed by atoms with van der Waals surface area (Å²) in [6.45, 7) is 6.79. The molecule has 0 unspecified atom stereocenters. The summed E-state index contributed by atoms with van der Waals surface area (Å²) >= 11 is 0. The zero-order chi connectivity index (χ0) is 23.0. The molecule has 32 heavy (non-hydrogen) atoms. The SMILES string of the molecule is C=Nc1ncccc1NCC[C@H](NC[C@H](C)c1ccc(C(F)(F)F)nc1)c1ccccc1. The Bertz CT molecular complexity index is 991. The minimum absolute atomic E-state index is 0.00107. The normalized spacial score (nSPS) is 13.4. The Hall–Kier alpha value is -3.26. The molecule has 0 bridgehead atoms. The van der Waals surface area contributed by atoms with Crippen LogP contribution in [0.1, 0.15) is 42.1 Å². The molecule has 0 aliphatic heterocycles. The van der Waals surface area contributed by atoms with Crippen LogP contribution in [-0.2, 0) is 6.18 Å². The molecule has 0 saturated carbocycles. The molecule has 0 aliphatic rings. The van der Waals surface area contributed by atoms with Gasteiger partial charge in [-0.25, -0.2) is 9.98 Å². The first-order valence-electron chi connectivity index (χ1n) is 10.4. The number of hydrogen-bond donors (Lipinski definition) is 2. The van der Waals surface area contributed by atoms with Crippen molar-refractivity contribution < 1.29 is 13.2 Å². The highest BCUT2D eigenvalue weighted by atomic mass is 19.4. The van der Waals surface area contributed by atoms with Crippen LogP contribution in [0.5, 0.6) is 0 Å². The second-order valence-corrected chi connectivity index (χ2v) is 7.50. The number of benzene rings is 1. The molecule has 0 aliphatic carbocycles. The Kier molecular flexibility index (Phi) is 7.94. The molecule has 168 valence electrons. The van der Waals surface area contributed by atoms with Crippen LogP contribution >= 0.6 is 0 Å². The summed E-state index contributed by atoms with van der Waals surface area (Å²) < 4.78 is 38.3. The third-order valence-electron chi connectivity index (χ3n) is 5.20. The lowest BCUT2D eigenvalue weighted by Crippen LogP contribution is -2.27. The van der Waals surface area contributed by atoms with E-state index in [1.807, 2.05) is 37.3 Å². The van der Waals surface area contributed by atoms with E-state index in [0.29, 0.717) is 18.9 Å². The van der Waals surface area contributed by atoms with Crippen molar-refractivity contribution in [2.75, 3.05) is 18.4 Å². The molecule has 2 N–H and O–H groups in total. The molecule has 2 aromatic heterocycles. The first-order valence-corrected chi connectivity index (χ1v) is 10.4. The second-order valence-electron chi connectivity index (χ2n) is 7.50. The van der Waals surface area contributed by atoms with Gasteiger partial charge in [-0.05, 0) is 48.4 Å². The van der Waals surface area contributed by atoms with E-state index >= 15 is 0 Å². The maximum atomic E-state index is 12.8. The summed E-state index contributed by atoms with van der Waals surface area (Å²) in [7, 11) is 0. The van der Waals surface area contributed by atoms with Crippen LogP contribution in [0, 0.1) is 0 Å². The third kappa shape index (κ3) is 6.37. The van der Waals surface area contributed by atoms with Gasteiger partial charge in [-0.15, -0.1) is 0 Å². The molecule has 5 nitrogen and oxygen atoms in total. The van der Waals surface area contributed by atoms with Gasteiger partial charge in [0.15, 0.2) is 5.82 Å². The predicted octanol–water partition coefficient (Wildman–Crippen LogP) is 5.76. The zero-order valence-corrected chi connectivity index (χ0v) is 17.8. The van der Waals surface area contributed by atoms with Gasteiger partial charge in [0.1, 0.15) is 5.69 Å². The van der Waals surface area contributed by atoms with Gasteiger partial charge in [-0.2, -0.15) is 13.2 Å². The van der Waals surface area contributed by atoms with Crippen molar-refractivity contribution in [1.29, 1.82) is 0 Å². The molecular weight excluding hydrogens is 415 g/mol. The van der Waals surface area contributed by atoms with E-state index in [4.69, 9.17) is 0 Å². The van der Waals surface area contributed by atoms with Crippen LogP contribution in [-0.4, -0.2) is 29.8 Å². The molecule has 2 heterocycles. The number of nitrogens with zero attached hydrogens (tertiary/aromatic N) is 3. The Morgan fingerprint density at radius 3 is 2.44 bits per heavy atom. The minimum Gasteiger partial charge on any atom is -0.382 e. The van der Waals surface area contributed by atoms with Crippen molar-refractivity contribution in [2.45, 2.75) is 31.5 Å². The standard InChI is InChI=1S/C24H26F3N5/c1-17(19-10-11-22(32-16-19)24(25,26)27)15-31-20(18-7-4-3-5-8-18)12-14-29-21-9-6-13-30-23(21)28-2/h3-11,13,16-17,20,29,31H,2,12,14-15H2,1H3/t17-,20-/m0/s1. The summed E-state index contributed by atoms with van der Waals surface area (Å²) in [5.74, 6) is 0.555. The average Bonchev–Trinajstić information content (AvgIpc) is 2.81. The quantitative estimate of drug-likeness (QED) is 0.393. The molecule has 0 amide bonds. The summed E-state index contributed by atoms with van der Waals surface area (Å²) in [5.41, 5.74) is 1.84. The molecule has 8 heteroatoms. The van der Waals surface area contributed by atoms with Crippen LogP contribution < -0.4 is 10.6 Å². The van der Waals surface area contributed by atoms with Gasteiger partial charge in [0.2, 0.25) is 0 Å². The number of aromatic nitrogens is 2. The van der Waals surface area contributed by atoms with Gasteiger partial charge in [-0.3, -0.25) is 4.98 Å². The third-order valence-corrected chi connectivity index (χ3v) is 5.20. The minimum atomic E-state index is -4.43. The second kappa shape index (κ2) is 10.9. The Morgan fingerprint density at radius 1 is 1.00 bits per heavy atom. The number of pyridine rings is 2. The van der Waals surface area contributed by atoms with Gasteiger partial charge in [0.25, 0.3) is 0 Å². The number of halogens is 3. The fourth-order valence-electron chi connectivity index (χ4n) is 3.39. The van der Waals surface area contributed by atoms with Crippen LogP contribution in [0.25, 0.3) is 0 Å². The van der Waals surface area contributed by atoms with Crippen molar-refractivity contribution in [3.8, 4) is 0 Å². The van der Waals surface area contributed by atoms with E-state index in [1.165, 1.54) is 12.3 Å². The van der Waals surface area contributed by atoms with Gasteiger partial charge >= 0.3 is 6.18 Å². The number of anilines is 1. The molecule has 0 radical (unpaired) electrons. The topological polar surface area (TPSA) is 62.2 Å². The van der Waals surface area contributed by atoms with Gasteiger partial charge in [-0.1, -0.05) is 43.3 Å². The van der Waals surface area contributed by atoms with Crippen molar-refractivity contribution in [3.05, 3.63) is 83.8 Å². The highest BCUT2D eigenvalue weighted by Gasteiger charge is 2.32. The van der Waals surface area contributed by atoms with Crippen molar-refractivity contribution in [3.63, 3.8) is 0 Å². The van der Waals surface area contributed by atoms with Crippen LogP contribution in [0.15, 0.2) is 72.0 Å². The lowest BCUT2D eigenvalue weighted by atomic mass is 9.99. The largest absolute Gasteiger partial charge is 0.433 e. The molecule has 0 saturated heterocycles. The van der Waals surface area contributed by atoms with Crippen LogP contribution in [0.2, 0.25) is 0 Å². The lowest BCUT2D eigenvalue weighted by molar-refractivity contribution is -0.141. The predicted molar refractivity (Wildman–Crippen MR) is 121 cm³/mol. The smallest absolute Gasteiger partial charge is 0.382 e. The monoisotopic (exact) mass is 441 g/mol. The first kappa shape index (κ1) is 23.4. The first-order chi connectivity index (χ1) is 15.4. The highest BCUT2D eigenvalue weighted by Crippen LogP contribution is 2.28. The molecular formula is C24H26F3N5. The van der Waals surface area contributed by atoms with Gasteiger partial charge in [0.05, 0.1) is 5.69 Å². The Labute approximate surface area is 185 Å².